The van der Waals surface area contributed by atoms with Crippen molar-refractivity contribution < 1.29 is 13.2 Å². The lowest BCUT2D eigenvalue weighted by Gasteiger charge is -2.22. The van der Waals surface area contributed by atoms with E-state index in [1.165, 1.54) is 6.07 Å². The van der Waals surface area contributed by atoms with Crippen LogP contribution in [0.1, 0.15) is 31.1 Å². The minimum Gasteiger partial charge on any atom is -0.310 e. The quantitative estimate of drug-likeness (QED) is 0.905. The van der Waals surface area contributed by atoms with Crippen LogP contribution in [0.2, 0.25) is 0 Å². The molecule has 1 amide bonds. The number of carbonyl (C=O) groups excluding carboxylic acids is 1. The Labute approximate surface area is 113 Å². The minimum atomic E-state index is -3.67. The zero-order chi connectivity index (χ0) is 14.3. The lowest BCUT2D eigenvalue weighted by atomic mass is 10.1. The molecule has 0 spiro atoms. The van der Waals surface area contributed by atoms with Gasteiger partial charge in [0.2, 0.25) is 0 Å². The van der Waals surface area contributed by atoms with Gasteiger partial charge < -0.3 is 5.32 Å². The highest BCUT2D eigenvalue weighted by molar-refractivity contribution is 7.90. The van der Waals surface area contributed by atoms with Crippen LogP contribution in [0.4, 0.5) is 0 Å². The lowest BCUT2D eigenvalue weighted by Crippen LogP contribution is -2.43. The molecule has 0 saturated carbocycles. The number of carbonyl (C=O) groups is 1. The van der Waals surface area contributed by atoms with E-state index in [0.717, 1.165) is 4.31 Å². The third-order valence-corrected chi connectivity index (χ3v) is 4.72. The molecule has 0 atom stereocenters. The maximum absolute atomic E-state index is 12.2. The Morgan fingerprint density at radius 3 is 2.42 bits per heavy atom. The summed E-state index contributed by atoms with van der Waals surface area (Å²) in [7, 11) is -3.67. The van der Waals surface area contributed by atoms with Gasteiger partial charge in [0, 0.05) is 12.1 Å². The Morgan fingerprint density at radius 2 is 1.84 bits per heavy atom. The van der Waals surface area contributed by atoms with Crippen LogP contribution in [0.5, 0.6) is 0 Å². The number of benzene rings is 1. The summed E-state index contributed by atoms with van der Waals surface area (Å²) in [5.41, 5.74) is 0.151. The number of rotatable bonds is 3. The smallest absolute Gasteiger partial charge is 0.269 e. The monoisotopic (exact) mass is 282 g/mol. The second kappa shape index (κ2) is 4.61. The van der Waals surface area contributed by atoms with E-state index in [0.29, 0.717) is 6.54 Å². The van der Waals surface area contributed by atoms with Crippen LogP contribution in [0.15, 0.2) is 29.2 Å². The van der Waals surface area contributed by atoms with Gasteiger partial charge in [-0.05, 0) is 32.9 Å². The van der Waals surface area contributed by atoms with Crippen LogP contribution in [-0.2, 0) is 10.0 Å². The van der Waals surface area contributed by atoms with Crippen molar-refractivity contribution in [3.63, 3.8) is 0 Å². The van der Waals surface area contributed by atoms with E-state index in [9.17, 15) is 13.2 Å². The van der Waals surface area contributed by atoms with E-state index in [4.69, 9.17) is 0 Å². The molecule has 1 heterocycles. The third-order valence-electron chi connectivity index (χ3n) is 2.88. The van der Waals surface area contributed by atoms with E-state index in [1.807, 2.05) is 20.8 Å². The zero-order valence-electron chi connectivity index (χ0n) is 11.3. The van der Waals surface area contributed by atoms with Gasteiger partial charge in [0.15, 0.2) is 0 Å². The second-order valence-corrected chi connectivity index (χ2v) is 7.39. The normalized spacial score (nSPS) is 17.6. The summed E-state index contributed by atoms with van der Waals surface area (Å²) < 4.78 is 25.4. The van der Waals surface area contributed by atoms with Gasteiger partial charge in [0.1, 0.15) is 4.90 Å². The maximum atomic E-state index is 12.2. The molecule has 0 bridgehead atoms. The van der Waals surface area contributed by atoms with E-state index in [1.54, 1.807) is 18.2 Å². The number of amides is 1. The fourth-order valence-corrected chi connectivity index (χ4v) is 3.55. The summed E-state index contributed by atoms with van der Waals surface area (Å²) >= 11 is 0. The zero-order valence-corrected chi connectivity index (χ0v) is 12.1. The summed E-state index contributed by atoms with van der Waals surface area (Å²) in [6, 6.07) is 6.32. The molecular weight excluding hydrogens is 264 g/mol. The van der Waals surface area contributed by atoms with Crippen molar-refractivity contribution >= 4 is 15.9 Å². The topological polar surface area (TPSA) is 66.5 Å². The molecule has 5 nitrogen and oxygen atoms in total. The molecule has 1 aromatic rings. The predicted octanol–water partition coefficient (Wildman–Crippen LogP) is 1.22. The van der Waals surface area contributed by atoms with Crippen LogP contribution in [-0.4, -0.2) is 37.3 Å². The molecule has 6 heteroatoms. The van der Waals surface area contributed by atoms with Gasteiger partial charge in [-0.15, -0.1) is 0 Å². The van der Waals surface area contributed by atoms with Gasteiger partial charge in [0.25, 0.3) is 15.9 Å². The Balaban J connectivity index is 2.19. The second-order valence-electron chi connectivity index (χ2n) is 5.56. The van der Waals surface area contributed by atoms with E-state index in [-0.39, 0.29) is 22.5 Å². The Kier molecular flexibility index (Phi) is 3.40. The molecule has 19 heavy (non-hydrogen) atoms. The van der Waals surface area contributed by atoms with Gasteiger partial charge in [-0.2, -0.15) is 0 Å². The summed E-state index contributed by atoms with van der Waals surface area (Å²) in [4.78, 5) is 12.2. The number of sulfonamides is 1. The molecule has 2 rings (SSSR count). The molecule has 1 aromatic carbocycles. The molecule has 0 unspecified atom stereocenters. The van der Waals surface area contributed by atoms with Gasteiger partial charge in [-0.3, -0.25) is 4.79 Å². The molecule has 1 N–H and O–H groups in total. The predicted molar refractivity (Wildman–Crippen MR) is 72.4 cm³/mol. The summed E-state index contributed by atoms with van der Waals surface area (Å²) in [5, 5.41) is 3.18. The average molecular weight is 282 g/mol. The molecule has 0 saturated heterocycles. The first-order valence-electron chi connectivity index (χ1n) is 6.14. The van der Waals surface area contributed by atoms with Crippen molar-refractivity contribution in [2.45, 2.75) is 31.2 Å². The Bertz CT molecular complexity index is 603. The van der Waals surface area contributed by atoms with Gasteiger partial charge in [-0.25, -0.2) is 12.7 Å². The lowest BCUT2D eigenvalue weighted by molar-refractivity contribution is 0.0870. The van der Waals surface area contributed by atoms with Crippen molar-refractivity contribution in [3.8, 4) is 0 Å². The van der Waals surface area contributed by atoms with Crippen molar-refractivity contribution in [1.82, 2.24) is 9.62 Å². The first-order valence-corrected chi connectivity index (χ1v) is 7.58. The largest absolute Gasteiger partial charge is 0.310 e. The van der Waals surface area contributed by atoms with Crippen molar-refractivity contribution in [3.05, 3.63) is 29.8 Å². The van der Waals surface area contributed by atoms with E-state index < -0.39 is 15.9 Å². The minimum absolute atomic E-state index is 0.107. The molecule has 104 valence electrons. The SMILES string of the molecule is CC(C)(C)NCCN1C(=O)c2ccccc2S1(=O)=O. The van der Waals surface area contributed by atoms with Crippen molar-refractivity contribution in [2.75, 3.05) is 13.1 Å². The van der Waals surface area contributed by atoms with E-state index in [2.05, 4.69) is 5.32 Å². The van der Waals surface area contributed by atoms with Crippen LogP contribution in [0.3, 0.4) is 0 Å². The van der Waals surface area contributed by atoms with Gasteiger partial charge >= 0.3 is 0 Å². The molecule has 0 radical (unpaired) electrons. The fraction of sp³-hybridized carbons (Fsp3) is 0.462. The molecule has 1 aliphatic rings. The molecule has 1 aliphatic heterocycles. The van der Waals surface area contributed by atoms with Crippen LogP contribution < -0.4 is 5.32 Å². The van der Waals surface area contributed by atoms with Gasteiger partial charge in [0.05, 0.1) is 12.1 Å². The fourth-order valence-electron chi connectivity index (χ4n) is 1.98. The van der Waals surface area contributed by atoms with Crippen molar-refractivity contribution in [2.24, 2.45) is 0 Å². The number of nitrogens with zero attached hydrogens (tertiary/aromatic N) is 1. The molecular formula is C13H18N2O3S. The number of hydrogen-bond acceptors (Lipinski definition) is 4. The number of fused-ring (bicyclic) bond motifs is 1. The standard InChI is InChI=1S/C13H18N2O3S/c1-13(2,3)14-8-9-15-12(16)10-6-4-5-7-11(10)19(15,17)18/h4-7,14H,8-9H2,1-3H3. The number of hydrogen-bond donors (Lipinski definition) is 1. The first kappa shape index (κ1) is 14.0. The van der Waals surface area contributed by atoms with Gasteiger partial charge in [-0.1, -0.05) is 12.1 Å². The Morgan fingerprint density at radius 1 is 1.21 bits per heavy atom. The molecule has 0 aliphatic carbocycles. The van der Waals surface area contributed by atoms with E-state index >= 15 is 0 Å². The maximum Gasteiger partial charge on any atom is 0.269 e. The Hall–Kier alpha value is -1.40. The number of nitrogens with one attached hydrogen (secondary N) is 1. The average Bonchev–Trinajstić information content (AvgIpc) is 2.49. The highest BCUT2D eigenvalue weighted by Crippen LogP contribution is 2.29. The van der Waals surface area contributed by atoms with Crippen LogP contribution >= 0.6 is 0 Å². The summed E-state index contributed by atoms with van der Waals surface area (Å²) in [5.74, 6) is -0.439. The van der Waals surface area contributed by atoms with Crippen LogP contribution in [0, 0.1) is 0 Å². The summed E-state index contributed by atoms with van der Waals surface area (Å²) in [6.45, 7) is 6.54. The van der Waals surface area contributed by atoms with Crippen molar-refractivity contribution in [1.29, 1.82) is 0 Å². The highest BCUT2D eigenvalue weighted by Gasteiger charge is 2.40. The highest BCUT2D eigenvalue weighted by atomic mass is 32.2. The summed E-state index contributed by atoms with van der Waals surface area (Å²) in [6.07, 6.45) is 0. The molecule has 0 aromatic heterocycles. The first-order chi connectivity index (χ1) is 8.73. The van der Waals surface area contributed by atoms with Crippen LogP contribution in [0.25, 0.3) is 0 Å². The third kappa shape index (κ3) is 2.64. The molecule has 0 fully saturated rings.